The molecule has 0 radical (unpaired) electrons. The maximum atomic E-state index is 12.3. The Morgan fingerprint density at radius 3 is 2.80 bits per heavy atom. The molecule has 0 bridgehead atoms. The van der Waals surface area contributed by atoms with Gasteiger partial charge in [-0.3, -0.25) is 4.98 Å². The van der Waals surface area contributed by atoms with Gasteiger partial charge in [-0.05, 0) is 32.1 Å². The number of alkyl halides is 3. The molecule has 0 spiro atoms. The molecule has 0 unspecified atom stereocenters. The molecule has 0 aliphatic rings. The predicted molar refractivity (Wildman–Crippen MR) is 93.5 cm³/mol. The number of imidazole rings is 1. The van der Waals surface area contributed by atoms with E-state index in [9.17, 15) is 13.2 Å². The van der Waals surface area contributed by atoms with E-state index in [4.69, 9.17) is 4.74 Å². The smallest absolute Gasteiger partial charge is 0.422 e. The van der Waals surface area contributed by atoms with Gasteiger partial charge in [-0.1, -0.05) is 24.4 Å². The lowest BCUT2D eigenvalue weighted by molar-refractivity contribution is -0.153. The van der Waals surface area contributed by atoms with Crippen molar-refractivity contribution in [2.24, 2.45) is 0 Å². The molecular weight excluding hydrogens is 351 g/mol. The fourth-order valence-corrected chi connectivity index (χ4v) is 2.96. The van der Waals surface area contributed by atoms with Gasteiger partial charge in [0.1, 0.15) is 5.75 Å². The number of halogens is 3. The number of nitrogens with one attached hydrogen (secondary N) is 1. The van der Waals surface area contributed by atoms with E-state index in [0.717, 1.165) is 11.4 Å². The van der Waals surface area contributed by atoms with Crippen LogP contribution in [0.5, 0.6) is 5.75 Å². The van der Waals surface area contributed by atoms with Crippen molar-refractivity contribution in [2.75, 3.05) is 6.61 Å². The highest BCUT2D eigenvalue weighted by molar-refractivity contribution is 7.98. The third-order valence-corrected chi connectivity index (χ3v) is 4.15. The van der Waals surface area contributed by atoms with Crippen molar-refractivity contribution in [3.63, 3.8) is 0 Å². The number of H-pyrrole nitrogens is 1. The molecular formula is C17H18F3N3OS. The van der Waals surface area contributed by atoms with Crippen molar-refractivity contribution in [1.82, 2.24) is 15.0 Å². The largest absolute Gasteiger partial charge is 0.484 e. The maximum Gasteiger partial charge on any atom is 0.422 e. The Hall–Kier alpha value is -2.22. The summed E-state index contributed by atoms with van der Waals surface area (Å²) >= 11 is 1.41. The summed E-state index contributed by atoms with van der Waals surface area (Å²) in [5, 5.41) is 0.686. The van der Waals surface area contributed by atoms with Crippen LogP contribution in [-0.4, -0.2) is 27.7 Å². The molecule has 8 heteroatoms. The highest BCUT2D eigenvalue weighted by Gasteiger charge is 2.28. The molecule has 0 aliphatic heterocycles. The van der Waals surface area contributed by atoms with Crippen LogP contribution >= 0.6 is 11.8 Å². The van der Waals surface area contributed by atoms with Crippen LogP contribution in [-0.2, 0) is 5.75 Å². The highest BCUT2D eigenvalue weighted by atomic mass is 32.2. The first-order valence-corrected chi connectivity index (χ1v) is 8.44. The Balaban J connectivity index is 2.09. The zero-order valence-corrected chi connectivity index (χ0v) is 14.7. The summed E-state index contributed by atoms with van der Waals surface area (Å²) < 4.78 is 41.8. The summed E-state index contributed by atoms with van der Waals surface area (Å²) in [7, 11) is 0. The number of pyridine rings is 1. The third-order valence-electron chi connectivity index (χ3n) is 3.26. The number of aromatic amines is 1. The Kier molecular flexibility index (Phi) is 6.30. The predicted octanol–water partition coefficient (Wildman–Crippen LogP) is 5.02. The van der Waals surface area contributed by atoms with E-state index in [0.29, 0.717) is 22.2 Å². The van der Waals surface area contributed by atoms with Crippen LogP contribution in [0.4, 0.5) is 13.2 Å². The quantitative estimate of drug-likeness (QED) is 0.696. The Bertz CT molecular complexity index is 769. The van der Waals surface area contributed by atoms with E-state index < -0.39 is 12.8 Å². The van der Waals surface area contributed by atoms with Gasteiger partial charge in [0.05, 0.1) is 17.1 Å². The molecule has 0 amide bonds. The molecule has 2 heterocycles. The number of nitrogens with zero attached hydrogens (tertiary/aromatic N) is 2. The normalized spacial score (nSPS) is 11.9. The summed E-state index contributed by atoms with van der Waals surface area (Å²) in [5.74, 6) is 0.637. The summed E-state index contributed by atoms with van der Waals surface area (Å²) in [6, 6.07) is 1.43. The summed E-state index contributed by atoms with van der Waals surface area (Å²) in [6.07, 6.45) is 2.51. The number of rotatable bonds is 7. The molecule has 0 aliphatic carbocycles. The number of allylic oxidation sites excluding steroid dienone is 1. The van der Waals surface area contributed by atoms with Crippen LogP contribution in [0.15, 0.2) is 30.1 Å². The zero-order chi connectivity index (χ0) is 18.4. The molecule has 0 atom stereocenters. The van der Waals surface area contributed by atoms with Gasteiger partial charge in [0.25, 0.3) is 0 Å². The second kappa shape index (κ2) is 8.24. The molecule has 4 nitrogen and oxygen atoms in total. The number of thioether (sulfide) groups is 1. The zero-order valence-electron chi connectivity index (χ0n) is 13.9. The minimum atomic E-state index is -4.37. The van der Waals surface area contributed by atoms with Crippen molar-refractivity contribution >= 4 is 23.9 Å². The lowest BCUT2D eigenvalue weighted by atomic mass is 10.2. The van der Waals surface area contributed by atoms with Crippen molar-refractivity contribution < 1.29 is 17.9 Å². The Labute approximate surface area is 148 Å². The average Bonchev–Trinajstić information content (AvgIpc) is 2.94. The van der Waals surface area contributed by atoms with E-state index in [1.807, 2.05) is 19.1 Å². The van der Waals surface area contributed by atoms with Crippen molar-refractivity contribution in [3.05, 3.63) is 47.6 Å². The summed E-state index contributed by atoms with van der Waals surface area (Å²) in [6.45, 7) is 6.00. The van der Waals surface area contributed by atoms with Gasteiger partial charge in [0.15, 0.2) is 11.8 Å². The second-order valence-corrected chi connectivity index (χ2v) is 6.08. The first-order valence-electron chi connectivity index (χ1n) is 7.46. The monoisotopic (exact) mass is 369 g/mol. The molecule has 0 saturated heterocycles. The van der Waals surface area contributed by atoms with Gasteiger partial charge in [-0.15, -0.1) is 0 Å². The Morgan fingerprint density at radius 2 is 2.16 bits per heavy atom. The minimum absolute atomic E-state index is 0.184. The molecule has 1 N–H and O–H groups in total. The van der Waals surface area contributed by atoms with Gasteiger partial charge < -0.3 is 9.72 Å². The molecule has 2 aromatic rings. The van der Waals surface area contributed by atoms with E-state index in [1.54, 1.807) is 13.0 Å². The fourth-order valence-electron chi connectivity index (χ4n) is 2.05. The summed E-state index contributed by atoms with van der Waals surface area (Å²) in [5.41, 5.74) is 2.83. The van der Waals surface area contributed by atoms with Crippen LogP contribution in [0.2, 0.25) is 0 Å². The number of aromatic nitrogens is 3. The number of hydrogen-bond acceptors (Lipinski definition) is 4. The molecule has 25 heavy (non-hydrogen) atoms. The standard InChI is InChI=1S/C17H18F3N3OS/c1-4-6-13-12(5-2)22-16(23-13)25-9-14-11(3)15(7-8-21-14)24-10-17(18,19)20/h4-8H,2,9-10H2,1,3H3,(H,22,23)/b6-4-. The first kappa shape index (κ1) is 19.1. The van der Waals surface area contributed by atoms with Crippen LogP contribution in [0, 0.1) is 6.92 Å². The van der Waals surface area contributed by atoms with E-state index in [1.165, 1.54) is 24.0 Å². The molecule has 2 aromatic heterocycles. The van der Waals surface area contributed by atoms with Gasteiger partial charge >= 0.3 is 6.18 Å². The third kappa shape index (κ3) is 5.38. The van der Waals surface area contributed by atoms with Crippen LogP contribution in [0.25, 0.3) is 12.2 Å². The lowest BCUT2D eigenvalue weighted by Gasteiger charge is -2.13. The number of hydrogen-bond donors (Lipinski definition) is 1. The van der Waals surface area contributed by atoms with E-state index >= 15 is 0 Å². The van der Waals surface area contributed by atoms with Gasteiger partial charge in [0.2, 0.25) is 0 Å². The SMILES string of the molecule is C=Cc1nc(SCc2nccc(OCC(F)(F)F)c2C)[nH]c1/C=C\C. The van der Waals surface area contributed by atoms with Crippen molar-refractivity contribution in [1.29, 1.82) is 0 Å². The number of ether oxygens (including phenoxy) is 1. The lowest BCUT2D eigenvalue weighted by Crippen LogP contribution is -2.19. The highest BCUT2D eigenvalue weighted by Crippen LogP contribution is 2.28. The summed E-state index contributed by atoms with van der Waals surface area (Å²) in [4.78, 5) is 11.8. The molecule has 2 rings (SSSR count). The van der Waals surface area contributed by atoms with Crippen molar-refractivity contribution in [2.45, 2.75) is 30.9 Å². The van der Waals surface area contributed by atoms with E-state index in [2.05, 4.69) is 21.5 Å². The van der Waals surface area contributed by atoms with E-state index in [-0.39, 0.29) is 5.75 Å². The van der Waals surface area contributed by atoms with Crippen LogP contribution in [0.3, 0.4) is 0 Å². The Morgan fingerprint density at radius 1 is 1.40 bits per heavy atom. The molecule has 0 fully saturated rings. The van der Waals surface area contributed by atoms with Gasteiger partial charge in [-0.25, -0.2) is 4.98 Å². The topological polar surface area (TPSA) is 50.8 Å². The van der Waals surface area contributed by atoms with Gasteiger partial charge in [-0.2, -0.15) is 13.2 Å². The second-order valence-electron chi connectivity index (χ2n) is 5.12. The molecule has 134 valence electrons. The average molecular weight is 369 g/mol. The maximum absolute atomic E-state index is 12.3. The molecule has 0 aromatic carbocycles. The van der Waals surface area contributed by atoms with Crippen LogP contribution in [0.1, 0.15) is 29.6 Å². The van der Waals surface area contributed by atoms with Crippen LogP contribution < -0.4 is 4.74 Å². The van der Waals surface area contributed by atoms with Crippen molar-refractivity contribution in [3.8, 4) is 5.75 Å². The minimum Gasteiger partial charge on any atom is -0.484 e. The molecule has 0 saturated carbocycles. The first-order chi connectivity index (χ1) is 11.8. The fraction of sp³-hybridized carbons (Fsp3) is 0.294. The van der Waals surface area contributed by atoms with Gasteiger partial charge in [0, 0.05) is 17.5 Å².